The molecule has 2 rings (SSSR count). The summed E-state index contributed by atoms with van der Waals surface area (Å²) >= 11 is 0. The van der Waals surface area contributed by atoms with Gasteiger partial charge in [-0.1, -0.05) is 54.6 Å². The molecular weight excluding hydrogens is 230 g/mol. The van der Waals surface area contributed by atoms with Gasteiger partial charge in [0.05, 0.1) is 5.54 Å². The SMILES string of the molecule is Cc1ccccc1C(C)(N)c1ccccc1.Cl. The van der Waals surface area contributed by atoms with Crippen molar-refractivity contribution in [2.24, 2.45) is 5.73 Å². The second kappa shape index (κ2) is 5.35. The Morgan fingerprint density at radius 3 is 2.00 bits per heavy atom. The van der Waals surface area contributed by atoms with Crippen molar-refractivity contribution >= 4 is 12.4 Å². The number of aryl methyl sites for hydroxylation is 1. The van der Waals surface area contributed by atoms with Crippen LogP contribution in [0.2, 0.25) is 0 Å². The monoisotopic (exact) mass is 247 g/mol. The fourth-order valence-electron chi connectivity index (χ4n) is 2.10. The summed E-state index contributed by atoms with van der Waals surface area (Å²) in [6.45, 7) is 4.16. The molecular formula is C15H18ClN. The molecule has 1 atom stereocenters. The topological polar surface area (TPSA) is 26.0 Å². The third kappa shape index (κ3) is 2.68. The Bertz CT molecular complexity index is 477. The average molecular weight is 248 g/mol. The first kappa shape index (κ1) is 13.8. The van der Waals surface area contributed by atoms with Gasteiger partial charge in [-0.3, -0.25) is 0 Å². The highest BCUT2D eigenvalue weighted by Gasteiger charge is 2.24. The van der Waals surface area contributed by atoms with E-state index in [0.29, 0.717) is 0 Å². The molecule has 0 radical (unpaired) electrons. The van der Waals surface area contributed by atoms with Crippen LogP contribution in [-0.2, 0) is 5.54 Å². The van der Waals surface area contributed by atoms with Crippen molar-refractivity contribution in [3.8, 4) is 0 Å². The van der Waals surface area contributed by atoms with Crippen LogP contribution in [-0.4, -0.2) is 0 Å². The molecule has 0 fully saturated rings. The lowest BCUT2D eigenvalue weighted by atomic mass is 9.83. The third-order valence-electron chi connectivity index (χ3n) is 3.08. The molecule has 0 bridgehead atoms. The number of nitrogens with two attached hydrogens (primary N) is 1. The van der Waals surface area contributed by atoms with Crippen LogP contribution in [0, 0.1) is 6.92 Å². The maximum atomic E-state index is 6.46. The van der Waals surface area contributed by atoms with Crippen LogP contribution in [0.25, 0.3) is 0 Å². The summed E-state index contributed by atoms with van der Waals surface area (Å²) in [5.74, 6) is 0. The minimum Gasteiger partial charge on any atom is -0.318 e. The quantitative estimate of drug-likeness (QED) is 0.862. The summed E-state index contributed by atoms with van der Waals surface area (Å²) in [5.41, 5.74) is 9.59. The molecule has 0 aliphatic heterocycles. The first-order valence-corrected chi connectivity index (χ1v) is 5.53. The lowest BCUT2D eigenvalue weighted by Crippen LogP contribution is -2.34. The summed E-state index contributed by atoms with van der Waals surface area (Å²) in [5, 5.41) is 0. The predicted molar refractivity (Wildman–Crippen MR) is 75.5 cm³/mol. The number of hydrogen-bond acceptors (Lipinski definition) is 1. The van der Waals surface area contributed by atoms with E-state index in [1.54, 1.807) is 0 Å². The lowest BCUT2D eigenvalue weighted by molar-refractivity contribution is 0.599. The Kier molecular flexibility index (Phi) is 4.33. The van der Waals surface area contributed by atoms with Gasteiger partial charge in [-0.05, 0) is 30.5 Å². The van der Waals surface area contributed by atoms with E-state index in [4.69, 9.17) is 5.73 Å². The van der Waals surface area contributed by atoms with Gasteiger partial charge in [0.2, 0.25) is 0 Å². The third-order valence-corrected chi connectivity index (χ3v) is 3.08. The summed E-state index contributed by atoms with van der Waals surface area (Å²) in [6.07, 6.45) is 0. The van der Waals surface area contributed by atoms with Crippen LogP contribution in [0.1, 0.15) is 23.6 Å². The minimum atomic E-state index is -0.424. The van der Waals surface area contributed by atoms with E-state index in [9.17, 15) is 0 Å². The van der Waals surface area contributed by atoms with Gasteiger partial charge in [-0.15, -0.1) is 12.4 Å². The molecule has 2 N–H and O–H groups in total. The van der Waals surface area contributed by atoms with Gasteiger partial charge >= 0.3 is 0 Å². The second-order valence-electron chi connectivity index (χ2n) is 4.38. The van der Waals surface area contributed by atoms with E-state index in [0.717, 1.165) is 5.56 Å². The molecule has 0 saturated heterocycles. The summed E-state index contributed by atoms with van der Waals surface area (Å²) in [6, 6.07) is 18.5. The number of halogens is 1. The van der Waals surface area contributed by atoms with E-state index in [1.165, 1.54) is 11.1 Å². The molecule has 90 valence electrons. The second-order valence-corrected chi connectivity index (χ2v) is 4.38. The van der Waals surface area contributed by atoms with E-state index in [1.807, 2.05) is 30.3 Å². The van der Waals surface area contributed by atoms with Crippen molar-refractivity contribution in [1.29, 1.82) is 0 Å². The summed E-state index contributed by atoms with van der Waals surface area (Å²) in [7, 11) is 0. The Hall–Kier alpha value is -1.31. The van der Waals surface area contributed by atoms with Crippen LogP contribution in [0.5, 0.6) is 0 Å². The molecule has 0 aliphatic rings. The zero-order valence-corrected chi connectivity index (χ0v) is 11.0. The first-order chi connectivity index (χ1) is 7.62. The van der Waals surface area contributed by atoms with Gasteiger partial charge in [-0.2, -0.15) is 0 Å². The molecule has 1 nitrogen and oxygen atoms in total. The van der Waals surface area contributed by atoms with Crippen LogP contribution < -0.4 is 5.73 Å². The molecule has 2 aromatic rings. The van der Waals surface area contributed by atoms with E-state index >= 15 is 0 Å². The highest BCUT2D eigenvalue weighted by Crippen LogP contribution is 2.28. The van der Waals surface area contributed by atoms with Gasteiger partial charge in [0.25, 0.3) is 0 Å². The predicted octanol–water partition coefficient (Wildman–Crippen LogP) is 3.64. The maximum Gasteiger partial charge on any atom is 0.0639 e. The smallest absolute Gasteiger partial charge is 0.0639 e. The van der Waals surface area contributed by atoms with Gasteiger partial charge in [0, 0.05) is 0 Å². The van der Waals surface area contributed by atoms with E-state index in [-0.39, 0.29) is 12.4 Å². The fraction of sp³-hybridized carbons (Fsp3) is 0.200. The number of hydrogen-bond donors (Lipinski definition) is 1. The standard InChI is InChI=1S/C15H17N.ClH/c1-12-8-6-7-11-14(12)15(2,16)13-9-4-3-5-10-13;/h3-11H,16H2,1-2H3;1H. The summed E-state index contributed by atoms with van der Waals surface area (Å²) < 4.78 is 0. The van der Waals surface area contributed by atoms with Crippen molar-refractivity contribution in [3.05, 3.63) is 71.3 Å². The van der Waals surface area contributed by atoms with Crippen LogP contribution >= 0.6 is 12.4 Å². The van der Waals surface area contributed by atoms with Gasteiger partial charge < -0.3 is 5.73 Å². The van der Waals surface area contributed by atoms with Crippen LogP contribution in [0.4, 0.5) is 0 Å². The lowest BCUT2D eigenvalue weighted by Gasteiger charge is -2.27. The molecule has 1 unspecified atom stereocenters. The van der Waals surface area contributed by atoms with E-state index < -0.39 is 5.54 Å². The highest BCUT2D eigenvalue weighted by atomic mass is 35.5. The molecule has 2 heteroatoms. The first-order valence-electron chi connectivity index (χ1n) is 5.53. The Labute approximate surface area is 109 Å². The average Bonchev–Trinajstić information content (AvgIpc) is 2.30. The Morgan fingerprint density at radius 2 is 1.41 bits per heavy atom. The maximum absolute atomic E-state index is 6.46. The highest BCUT2D eigenvalue weighted by molar-refractivity contribution is 5.85. The van der Waals surface area contributed by atoms with Gasteiger partial charge in [-0.25, -0.2) is 0 Å². The number of rotatable bonds is 2. The molecule has 17 heavy (non-hydrogen) atoms. The molecule has 0 spiro atoms. The largest absolute Gasteiger partial charge is 0.318 e. The van der Waals surface area contributed by atoms with Crippen molar-refractivity contribution in [2.75, 3.05) is 0 Å². The fourth-order valence-corrected chi connectivity index (χ4v) is 2.10. The number of benzene rings is 2. The van der Waals surface area contributed by atoms with Crippen LogP contribution in [0.3, 0.4) is 0 Å². The van der Waals surface area contributed by atoms with Crippen molar-refractivity contribution in [3.63, 3.8) is 0 Å². The van der Waals surface area contributed by atoms with E-state index in [2.05, 4.69) is 38.1 Å². The Morgan fingerprint density at radius 1 is 0.882 bits per heavy atom. The zero-order chi connectivity index (χ0) is 11.6. The van der Waals surface area contributed by atoms with Crippen molar-refractivity contribution in [1.82, 2.24) is 0 Å². The van der Waals surface area contributed by atoms with Crippen molar-refractivity contribution in [2.45, 2.75) is 19.4 Å². The van der Waals surface area contributed by atoms with Crippen LogP contribution in [0.15, 0.2) is 54.6 Å². The molecule has 0 aromatic heterocycles. The molecule has 0 amide bonds. The molecule has 0 heterocycles. The zero-order valence-electron chi connectivity index (χ0n) is 10.2. The normalized spacial score (nSPS) is 13.6. The van der Waals surface area contributed by atoms with Crippen molar-refractivity contribution < 1.29 is 0 Å². The molecule has 0 saturated carbocycles. The van der Waals surface area contributed by atoms with Gasteiger partial charge in [0.15, 0.2) is 0 Å². The summed E-state index contributed by atoms with van der Waals surface area (Å²) in [4.78, 5) is 0. The minimum absolute atomic E-state index is 0. The Balaban J connectivity index is 0.00000144. The van der Waals surface area contributed by atoms with Gasteiger partial charge in [0.1, 0.15) is 0 Å². The molecule has 2 aromatic carbocycles. The molecule has 0 aliphatic carbocycles.